The Balaban J connectivity index is 3.72. The molecule has 0 bridgehead atoms. The first-order valence-corrected chi connectivity index (χ1v) is 6.82. The molecule has 0 unspecified atom stereocenters. The predicted molar refractivity (Wildman–Crippen MR) is 74.6 cm³/mol. The first kappa shape index (κ1) is 15.7. The molecule has 0 aromatic carbocycles. The van der Waals surface area contributed by atoms with Crippen LogP contribution in [0.15, 0.2) is 11.6 Å². The third-order valence-corrected chi connectivity index (χ3v) is 3.27. The van der Waals surface area contributed by atoms with E-state index in [-0.39, 0.29) is 0 Å². The van der Waals surface area contributed by atoms with Crippen molar-refractivity contribution in [2.75, 3.05) is 27.2 Å². The number of rotatable bonds is 8. The van der Waals surface area contributed by atoms with Crippen LogP contribution in [0.3, 0.4) is 0 Å². The Labute approximate surface area is 103 Å². The maximum Gasteiger partial charge on any atom is 0.0785 e. The molecule has 0 amide bonds. The van der Waals surface area contributed by atoms with E-state index in [0.717, 1.165) is 5.92 Å². The minimum Gasteiger partial charge on any atom is -0.328 e. The molecule has 0 fully saturated rings. The van der Waals surface area contributed by atoms with Crippen LogP contribution >= 0.6 is 0 Å². The monoisotopic (exact) mass is 226 g/mol. The lowest BCUT2D eigenvalue weighted by atomic mass is 10.0. The van der Waals surface area contributed by atoms with Gasteiger partial charge in [0.1, 0.15) is 0 Å². The van der Waals surface area contributed by atoms with Crippen LogP contribution in [-0.2, 0) is 0 Å². The third kappa shape index (κ3) is 8.96. The highest BCUT2D eigenvalue weighted by atomic mass is 15.3. The minimum absolute atomic E-state index is 0.866. The molecular weight excluding hydrogens is 194 g/mol. The third-order valence-electron chi connectivity index (χ3n) is 3.27. The fourth-order valence-electron chi connectivity index (χ4n) is 2.09. The molecule has 0 spiro atoms. The van der Waals surface area contributed by atoms with Gasteiger partial charge in [0.2, 0.25) is 0 Å². The van der Waals surface area contributed by atoms with E-state index < -0.39 is 0 Å². The topological polar surface area (TPSA) is 0 Å². The second-order valence-corrected chi connectivity index (χ2v) is 6.14. The summed E-state index contributed by atoms with van der Waals surface area (Å²) in [6.45, 7) is 11.7. The lowest BCUT2D eigenvalue weighted by Crippen LogP contribution is -2.41. The molecule has 96 valence electrons. The van der Waals surface area contributed by atoms with Gasteiger partial charge in [-0.15, -0.1) is 0 Å². The summed E-state index contributed by atoms with van der Waals surface area (Å²) in [4.78, 5) is 0. The van der Waals surface area contributed by atoms with Crippen molar-refractivity contribution in [3.63, 3.8) is 0 Å². The number of allylic oxidation sites excluding steroid dienone is 2. The van der Waals surface area contributed by atoms with Crippen molar-refractivity contribution in [3.05, 3.63) is 11.6 Å². The summed E-state index contributed by atoms with van der Waals surface area (Å²) in [6.07, 6.45) is 7.62. The van der Waals surface area contributed by atoms with Gasteiger partial charge in [-0.05, 0) is 45.4 Å². The highest BCUT2D eigenvalue weighted by molar-refractivity contribution is 4.92. The van der Waals surface area contributed by atoms with Gasteiger partial charge in [-0.1, -0.05) is 25.5 Å². The largest absolute Gasteiger partial charge is 0.328 e. The van der Waals surface area contributed by atoms with Crippen LogP contribution in [0.1, 0.15) is 53.4 Å². The van der Waals surface area contributed by atoms with Gasteiger partial charge in [-0.3, -0.25) is 0 Å². The standard InChI is InChI=1S/C15H32N/c1-7-12-16(5,6)13-11-15(4)10-8-9-14(2)3/h9,15H,7-8,10-13H2,1-6H3/q+1/t15-/m1/s1. The van der Waals surface area contributed by atoms with Gasteiger partial charge in [0.15, 0.2) is 0 Å². The molecule has 0 aliphatic rings. The Morgan fingerprint density at radius 2 is 1.75 bits per heavy atom. The summed E-state index contributed by atoms with van der Waals surface area (Å²) in [5, 5.41) is 0. The lowest BCUT2D eigenvalue weighted by Gasteiger charge is -2.30. The summed E-state index contributed by atoms with van der Waals surface area (Å²) in [7, 11) is 4.71. The molecule has 0 saturated carbocycles. The first-order valence-electron chi connectivity index (χ1n) is 6.82. The van der Waals surface area contributed by atoms with Gasteiger partial charge in [0.25, 0.3) is 0 Å². The lowest BCUT2D eigenvalue weighted by molar-refractivity contribution is -0.890. The Morgan fingerprint density at radius 1 is 1.12 bits per heavy atom. The van der Waals surface area contributed by atoms with Crippen LogP contribution in [0.4, 0.5) is 0 Å². The van der Waals surface area contributed by atoms with Crippen LogP contribution in [0.2, 0.25) is 0 Å². The number of hydrogen-bond donors (Lipinski definition) is 0. The van der Waals surface area contributed by atoms with Crippen LogP contribution < -0.4 is 0 Å². The molecule has 0 heterocycles. The number of quaternary nitrogens is 1. The van der Waals surface area contributed by atoms with Crippen LogP contribution in [-0.4, -0.2) is 31.7 Å². The second-order valence-electron chi connectivity index (χ2n) is 6.14. The Kier molecular flexibility index (Phi) is 7.74. The summed E-state index contributed by atoms with van der Waals surface area (Å²) < 4.78 is 1.18. The van der Waals surface area contributed by atoms with Gasteiger partial charge < -0.3 is 4.48 Å². The molecule has 1 atom stereocenters. The molecule has 0 N–H and O–H groups in total. The molecule has 0 saturated heterocycles. The Morgan fingerprint density at radius 3 is 2.25 bits per heavy atom. The Hall–Kier alpha value is -0.300. The molecule has 0 aromatic heterocycles. The average molecular weight is 226 g/mol. The average Bonchev–Trinajstić information content (AvgIpc) is 2.14. The van der Waals surface area contributed by atoms with Gasteiger partial charge >= 0.3 is 0 Å². The van der Waals surface area contributed by atoms with Crippen LogP contribution in [0.5, 0.6) is 0 Å². The smallest absolute Gasteiger partial charge is 0.0785 e. The van der Waals surface area contributed by atoms with E-state index in [1.165, 1.54) is 48.8 Å². The second kappa shape index (κ2) is 7.89. The van der Waals surface area contributed by atoms with E-state index in [9.17, 15) is 0 Å². The normalized spacial score (nSPS) is 13.6. The van der Waals surface area contributed by atoms with Crippen molar-refractivity contribution in [3.8, 4) is 0 Å². The maximum absolute atomic E-state index is 2.39. The van der Waals surface area contributed by atoms with Gasteiger partial charge in [0.05, 0.1) is 27.2 Å². The van der Waals surface area contributed by atoms with E-state index in [1.807, 2.05) is 0 Å². The molecule has 0 aromatic rings. The minimum atomic E-state index is 0.866. The van der Waals surface area contributed by atoms with Crippen LogP contribution in [0.25, 0.3) is 0 Å². The zero-order valence-corrected chi connectivity index (χ0v) is 12.3. The molecule has 1 heteroatoms. The van der Waals surface area contributed by atoms with Crippen LogP contribution in [0, 0.1) is 5.92 Å². The molecule has 0 radical (unpaired) electrons. The zero-order valence-electron chi connectivity index (χ0n) is 12.3. The van der Waals surface area contributed by atoms with Gasteiger partial charge in [0, 0.05) is 0 Å². The van der Waals surface area contributed by atoms with E-state index in [0.29, 0.717) is 0 Å². The quantitative estimate of drug-likeness (QED) is 0.429. The molecule has 16 heavy (non-hydrogen) atoms. The molecule has 0 aliphatic carbocycles. The maximum atomic E-state index is 2.39. The summed E-state index contributed by atoms with van der Waals surface area (Å²) in [5.74, 6) is 0.866. The van der Waals surface area contributed by atoms with Gasteiger partial charge in [-0.25, -0.2) is 0 Å². The fraction of sp³-hybridized carbons (Fsp3) is 0.867. The summed E-state index contributed by atoms with van der Waals surface area (Å²) >= 11 is 0. The van der Waals surface area contributed by atoms with E-state index in [4.69, 9.17) is 0 Å². The zero-order chi connectivity index (χ0) is 12.6. The van der Waals surface area contributed by atoms with E-state index >= 15 is 0 Å². The van der Waals surface area contributed by atoms with E-state index in [1.54, 1.807) is 0 Å². The number of hydrogen-bond acceptors (Lipinski definition) is 0. The molecule has 1 nitrogen and oxygen atoms in total. The predicted octanol–water partition coefficient (Wildman–Crippen LogP) is 4.25. The Bertz CT molecular complexity index is 199. The highest BCUT2D eigenvalue weighted by Crippen LogP contribution is 2.14. The van der Waals surface area contributed by atoms with Crippen molar-refractivity contribution in [1.29, 1.82) is 0 Å². The molecule has 0 rings (SSSR count). The first-order chi connectivity index (χ1) is 7.37. The fourth-order valence-corrected chi connectivity index (χ4v) is 2.09. The number of nitrogens with zero attached hydrogens (tertiary/aromatic N) is 1. The van der Waals surface area contributed by atoms with Crippen molar-refractivity contribution in [2.45, 2.75) is 53.4 Å². The highest BCUT2D eigenvalue weighted by Gasteiger charge is 2.14. The van der Waals surface area contributed by atoms with Crippen molar-refractivity contribution >= 4 is 0 Å². The molecular formula is C15H32N+. The SMILES string of the molecule is CCC[N+](C)(C)CC[C@H](C)CCC=C(C)C. The van der Waals surface area contributed by atoms with Gasteiger partial charge in [-0.2, -0.15) is 0 Å². The van der Waals surface area contributed by atoms with Crippen molar-refractivity contribution in [1.82, 2.24) is 0 Å². The van der Waals surface area contributed by atoms with Crippen molar-refractivity contribution in [2.24, 2.45) is 5.92 Å². The summed E-state index contributed by atoms with van der Waals surface area (Å²) in [5.41, 5.74) is 1.45. The van der Waals surface area contributed by atoms with Crippen molar-refractivity contribution < 1.29 is 4.48 Å². The molecule has 0 aliphatic heterocycles. The summed E-state index contributed by atoms with van der Waals surface area (Å²) in [6, 6.07) is 0. The van der Waals surface area contributed by atoms with E-state index in [2.05, 4.69) is 47.9 Å².